The molecule has 5 aliphatic rings. The Morgan fingerprint density at radius 2 is 1.82 bits per heavy atom. The average Bonchev–Trinajstić information content (AvgIpc) is 3.23. The number of aliphatic carboxylic acids is 1. The number of aliphatic hydroxyl groups excluding tert-OH is 2. The van der Waals surface area contributed by atoms with Crippen LogP contribution in [0.5, 0.6) is 0 Å². The molecule has 4 saturated carbocycles. The van der Waals surface area contributed by atoms with Crippen LogP contribution in [0, 0.1) is 52.3 Å². The van der Waals surface area contributed by atoms with Gasteiger partial charge in [0.1, 0.15) is 0 Å². The van der Waals surface area contributed by atoms with Crippen molar-refractivity contribution < 1.29 is 20.1 Å². The van der Waals surface area contributed by atoms with Crippen molar-refractivity contribution in [1.82, 2.24) is 0 Å². The summed E-state index contributed by atoms with van der Waals surface area (Å²) in [6, 6.07) is 0. The van der Waals surface area contributed by atoms with Gasteiger partial charge in [0.25, 0.3) is 0 Å². The molecule has 0 radical (unpaired) electrons. The molecule has 38 heavy (non-hydrogen) atoms. The first kappa shape index (κ1) is 29.8. The quantitative estimate of drug-likeness (QED) is 0.318. The molecule has 0 aromatic heterocycles. The van der Waals surface area contributed by atoms with Gasteiger partial charge in [0.05, 0.1) is 12.2 Å². The van der Waals surface area contributed by atoms with Gasteiger partial charge in [-0.25, -0.2) is 0 Å². The number of carboxylic acid groups (broad SMARTS) is 1. The van der Waals surface area contributed by atoms with Crippen molar-refractivity contribution in [3.05, 3.63) is 23.8 Å². The van der Waals surface area contributed by atoms with E-state index in [1.54, 1.807) is 5.57 Å². The Balaban J connectivity index is 0.000000283. The minimum atomic E-state index is -0.707. The lowest BCUT2D eigenvalue weighted by molar-refractivity contribution is -0.175. The Bertz CT molecular complexity index is 893. The zero-order chi connectivity index (χ0) is 27.8. The van der Waals surface area contributed by atoms with Crippen LogP contribution in [0.4, 0.5) is 0 Å². The Morgan fingerprint density at radius 1 is 1.08 bits per heavy atom. The van der Waals surface area contributed by atoms with Gasteiger partial charge in [-0.15, -0.1) is 0 Å². The smallest absolute Gasteiger partial charge is 0.303 e. The van der Waals surface area contributed by atoms with Crippen LogP contribution in [-0.4, -0.2) is 33.5 Å². The van der Waals surface area contributed by atoms with E-state index in [0.29, 0.717) is 35.5 Å². The number of hydrogen-bond acceptors (Lipinski definition) is 3. The number of hydrogen-bond donors (Lipinski definition) is 3. The van der Waals surface area contributed by atoms with E-state index >= 15 is 0 Å². The van der Waals surface area contributed by atoms with Gasteiger partial charge < -0.3 is 15.3 Å². The molecule has 5 aliphatic carbocycles. The van der Waals surface area contributed by atoms with E-state index in [9.17, 15) is 15.0 Å². The number of aliphatic hydroxyl groups is 2. The van der Waals surface area contributed by atoms with Crippen molar-refractivity contribution in [2.24, 2.45) is 52.3 Å². The standard InChI is InChI=1S/C24H40O4.C10H16/c1-14(4-9-22(27)28)18-7-8-19-17-6-5-15-12-16(25)10-11-23(15,2)20(17)13-21(26)24(18,19)3;1-8(2)10-6-4-9(3)5-7-10/h14-21,25-26H,4-13H2,1-3H3,(H,27,28);4,10H,1,5-7H2,2-3H3/t14-,15-,16-,17+,18-,19+,20+,21+,23+,24-;10-/m10/s1. The molecule has 4 heteroatoms. The first-order chi connectivity index (χ1) is 17.9. The van der Waals surface area contributed by atoms with E-state index in [1.165, 1.54) is 44.1 Å². The molecule has 0 unspecified atom stereocenters. The number of carbonyl (C=O) groups is 1. The van der Waals surface area contributed by atoms with Crippen LogP contribution in [0.15, 0.2) is 23.8 Å². The van der Waals surface area contributed by atoms with Crippen molar-refractivity contribution in [2.75, 3.05) is 0 Å². The summed E-state index contributed by atoms with van der Waals surface area (Å²) in [4.78, 5) is 11.1. The maximum atomic E-state index is 11.5. The molecule has 216 valence electrons. The van der Waals surface area contributed by atoms with E-state index in [-0.39, 0.29) is 29.5 Å². The highest BCUT2D eigenvalue weighted by Gasteiger charge is 2.63. The number of rotatable bonds is 5. The van der Waals surface area contributed by atoms with Gasteiger partial charge in [0, 0.05) is 6.42 Å². The van der Waals surface area contributed by atoms with E-state index in [4.69, 9.17) is 5.11 Å². The summed E-state index contributed by atoms with van der Waals surface area (Å²) in [5.74, 6) is 3.32. The van der Waals surface area contributed by atoms with Gasteiger partial charge in [0.15, 0.2) is 0 Å². The van der Waals surface area contributed by atoms with Crippen LogP contribution in [0.3, 0.4) is 0 Å². The lowest BCUT2D eigenvalue weighted by Gasteiger charge is -2.62. The largest absolute Gasteiger partial charge is 0.481 e. The molecule has 4 nitrogen and oxygen atoms in total. The van der Waals surface area contributed by atoms with Crippen LogP contribution >= 0.6 is 0 Å². The van der Waals surface area contributed by atoms with Crippen molar-refractivity contribution in [3.8, 4) is 0 Å². The first-order valence-electron chi connectivity index (χ1n) is 15.8. The molecular formula is C34H56O4. The molecule has 11 atom stereocenters. The van der Waals surface area contributed by atoms with Gasteiger partial charge in [-0.1, -0.05) is 44.6 Å². The number of allylic oxidation sites excluding steroid dienone is 3. The summed E-state index contributed by atoms with van der Waals surface area (Å²) in [5.41, 5.74) is 3.12. The Kier molecular flexibility index (Phi) is 9.24. The Morgan fingerprint density at radius 3 is 2.45 bits per heavy atom. The number of fused-ring (bicyclic) bond motifs is 5. The fourth-order valence-corrected chi connectivity index (χ4v) is 10.1. The monoisotopic (exact) mass is 528 g/mol. The second-order valence-corrected chi connectivity index (χ2v) is 14.7. The van der Waals surface area contributed by atoms with E-state index in [0.717, 1.165) is 44.4 Å². The third kappa shape index (κ3) is 5.69. The lowest BCUT2D eigenvalue weighted by atomic mass is 9.43. The van der Waals surface area contributed by atoms with Crippen LogP contribution in [0.1, 0.15) is 118 Å². The molecular weight excluding hydrogens is 472 g/mol. The van der Waals surface area contributed by atoms with Gasteiger partial charge in [0.2, 0.25) is 0 Å². The van der Waals surface area contributed by atoms with Crippen molar-refractivity contribution in [3.63, 3.8) is 0 Å². The topological polar surface area (TPSA) is 77.8 Å². The van der Waals surface area contributed by atoms with Crippen molar-refractivity contribution in [1.29, 1.82) is 0 Å². The maximum absolute atomic E-state index is 11.5. The van der Waals surface area contributed by atoms with Crippen LogP contribution in [0.25, 0.3) is 0 Å². The van der Waals surface area contributed by atoms with E-state index < -0.39 is 5.97 Å². The second-order valence-electron chi connectivity index (χ2n) is 14.7. The van der Waals surface area contributed by atoms with Crippen LogP contribution < -0.4 is 0 Å². The Labute approximate surface area is 232 Å². The molecule has 0 bridgehead atoms. The molecule has 0 aliphatic heterocycles. The van der Waals surface area contributed by atoms with E-state index in [1.807, 2.05) is 0 Å². The fraction of sp³-hybridized carbons (Fsp3) is 0.853. The molecule has 0 saturated heterocycles. The van der Waals surface area contributed by atoms with E-state index in [2.05, 4.69) is 47.3 Å². The molecule has 0 aromatic rings. The fourth-order valence-electron chi connectivity index (χ4n) is 10.1. The molecule has 0 aromatic carbocycles. The van der Waals surface area contributed by atoms with Gasteiger partial charge in [-0.2, -0.15) is 0 Å². The molecule has 3 N–H and O–H groups in total. The summed E-state index contributed by atoms with van der Waals surface area (Å²) in [6.07, 6.45) is 15.4. The lowest BCUT2D eigenvalue weighted by Crippen LogP contribution is -2.58. The highest BCUT2D eigenvalue weighted by Crippen LogP contribution is 2.68. The highest BCUT2D eigenvalue weighted by atomic mass is 16.4. The SMILES string of the molecule is C=C(C)[C@H]1CC=C(C)CC1.C[C@H](CCC(=O)O)[C@H]1CC[C@H]2[C@@H]3CC[C@@H]4C[C@H](O)CC[C@]4(C)[C@H]3C[C@H](O)[C@]12C. The third-order valence-corrected chi connectivity index (χ3v) is 12.7. The summed E-state index contributed by atoms with van der Waals surface area (Å²) in [6.45, 7) is 15.3. The molecule has 0 amide bonds. The van der Waals surface area contributed by atoms with Crippen LogP contribution in [-0.2, 0) is 4.79 Å². The predicted molar refractivity (Wildman–Crippen MR) is 155 cm³/mol. The highest BCUT2D eigenvalue weighted by molar-refractivity contribution is 5.66. The Hall–Kier alpha value is -1.13. The van der Waals surface area contributed by atoms with Gasteiger partial charge >= 0.3 is 5.97 Å². The molecule has 5 rings (SSSR count). The van der Waals surface area contributed by atoms with Gasteiger partial charge in [-0.3, -0.25) is 4.79 Å². The summed E-state index contributed by atoms with van der Waals surface area (Å²) >= 11 is 0. The van der Waals surface area contributed by atoms with Gasteiger partial charge in [-0.05, 0) is 143 Å². The van der Waals surface area contributed by atoms with Crippen LogP contribution in [0.2, 0.25) is 0 Å². The second kappa shape index (κ2) is 11.8. The van der Waals surface area contributed by atoms with Crippen molar-refractivity contribution in [2.45, 2.75) is 130 Å². The summed E-state index contributed by atoms with van der Waals surface area (Å²) < 4.78 is 0. The zero-order valence-electron chi connectivity index (χ0n) is 24.9. The zero-order valence-corrected chi connectivity index (χ0v) is 24.9. The molecule has 4 fully saturated rings. The summed E-state index contributed by atoms with van der Waals surface area (Å²) in [7, 11) is 0. The molecule has 0 heterocycles. The number of carboxylic acids is 1. The minimum Gasteiger partial charge on any atom is -0.481 e. The maximum Gasteiger partial charge on any atom is 0.303 e. The normalized spacial score (nSPS) is 44.9. The predicted octanol–water partition coefficient (Wildman–Crippen LogP) is 7.79. The average molecular weight is 529 g/mol. The molecule has 0 spiro atoms. The first-order valence-corrected chi connectivity index (χ1v) is 15.8. The third-order valence-electron chi connectivity index (χ3n) is 12.7. The summed E-state index contributed by atoms with van der Waals surface area (Å²) in [5, 5.41) is 30.8. The minimum absolute atomic E-state index is 0.0591. The van der Waals surface area contributed by atoms with Crippen molar-refractivity contribution >= 4 is 5.97 Å².